The van der Waals surface area contributed by atoms with Gasteiger partial charge < -0.3 is 10.1 Å². The monoisotopic (exact) mass is 402 g/mol. The summed E-state index contributed by atoms with van der Waals surface area (Å²) in [5.74, 6) is -0.942. The molecule has 0 saturated carbocycles. The van der Waals surface area contributed by atoms with Gasteiger partial charge in [0.05, 0.1) is 18.4 Å². The first-order valence-corrected chi connectivity index (χ1v) is 9.35. The van der Waals surface area contributed by atoms with Crippen LogP contribution >= 0.6 is 0 Å². The lowest BCUT2D eigenvalue weighted by Crippen LogP contribution is -2.32. The van der Waals surface area contributed by atoms with E-state index in [0.717, 1.165) is 10.5 Å². The zero-order valence-corrected chi connectivity index (χ0v) is 16.5. The summed E-state index contributed by atoms with van der Waals surface area (Å²) in [5, 5.41) is 3.01. The van der Waals surface area contributed by atoms with Crippen LogP contribution in [0.1, 0.15) is 11.1 Å². The van der Waals surface area contributed by atoms with Crippen LogP contribution in [0, 0.1) is 12.7 Å². The molecule has 0 saturated heterocycles. The number of anilines is 2. The molecule has 1 aliphatic heterocycles. The van der Waals surface area contributed by atoms with E-state index in [1.54, 1.807) is 36.4 Å². The SMILES string of the molecule is COc1ccc(C)cc1N1C(=O)C(Nc2ccc(F)cc2)=C(c2ccccc2)C1=O. The smallest absolute Gasteiger partial charge is 0.282 e. The molecule has 0 aromatic heterocycles. The number of nitrogens with one attached hydrogen (secondary N) is 1. The zero-order chi connectivity index (χ0) is 21.3. The predicted molar refractivity (Wildman–Crippen MR) is 114 cm³/mol. The number of benzene rings is 3. The molecule has 150 valence electrons. The minimum absolute atomic E-state index is 0.126. The van der Waals surface area contributed by atoms with Crippen LogP contribution in [-0.4, -0.2) is 18.9 Å². The first-order chi connectivity index (χ1) is 14.5. The highest BCUT2D eigenvalue weighted by Gasteiger charge is 2.41. The van der Waals surface area contributed by atoms with Gasteiger partial charge in [-0.3, -0.25) is 9.59 Å². The van der Waals surface area contributed by atoms with Gasteiger partial charge in [-0.2, -0.15) is 0 Å². The Labute approximate surface area is 173 Å². The fourth-order valence-corrected chi connectivity index (χ4v) is 3.39. The highest BCUT2D eigenvalue weighted by Crippen LogP contribution is 2.38. The van der Waals surface area contributed by atoms with Gasteiger partial charge in [0.2, 0.25) is 0 Å². The number of hydrogen-bond acceptors (Lipinski definition) is 4. The first kappa shape index (κ1) is 19.4. The van der Waals surface area contributed by atoms with Crippen molar-refractivity contribution in [2.24, 2.45) is 0 Å². The molecule has 0 atom stereocenters. The summed E-state index contributed by atoms with van der Waals surface area (Å²) in [6.07, 6.45) is 0. The number of rotatable bonds is 5. The van der Waals surface area contributed by atoms with Crippen LogP contribution in [0.4, 0.5) is 15.8 Å². The normalized spacial score (nSPS) is 13.8. The average Bonchev–Trinajstić information content (AvgIpc) is 2.99. The molecular weight excluding hydrogens is 383 g/mol. The highest BCUT2D eigenvalue weighted by molar-refractivity contribution is 6.46. The number of nitrogens with zero attached hydrogens (tertiary/aromatic N) is 1. The average molecular weight is 402 g/mol. The third-order valence-electron chi connectivity index (χ3n) is 4.84. The van der Waals surface area contributed by atoms with Gasteiger partial charge in [-0.15, -0.1) is 0 Å². The topological polar surface area (TPSA) is 58.6 Å². The van der Waals surface area contributed by atoms with E-state index < -0.39 is 17.6 Å². The molecule has 0 radical (unpaired) electrons. The Morgan fingerprint density at radius 1 is 0.900 bits per heavy atom. The van der Waals surface area contributed by atoms with E-state index in [2.05, 4.69) is 5.32 Å². The zero-order valence-electron chi connectivity index (χ0n) is 16.5. The number of carbonyl (C=O) groups is 2. The van der Waals surface area contributed by atoms with E-state index in [-0.39, 0.29) is 11.3 Å². The fourth-order valence-electron chi connectivity index (χ4n) is 3.39. The molecule has 0 bridgehead atoms. The van der Waals surface area contributed by atoms with E-state index in [0.29, 0.717) is 22.7 Å². The van der Waals surface area contributed by atoms with Gasteiger partial charge in [-0.05, 0) is 54.4 Å². The number of ether oxygens (including phenoxy) is 1. The fraction of sp³-hybridized carbons (Fsp3) is 0.0833. The van der Waals surface area contributed by atoms with E-state index in [1.165, 1.54) is 31.4 Å². The van der Waals surface area contributed by atoms with Crippen LogP contribution in [0.15, 0.2) is 78.5 Å². The Hall–Kier alpha value is -3.93. The van der Waals surface area contributed by atoms with Crippen LogP contribution in [-0.2, 0) is 9.59 Å². The van der Waals surface area contributed by atoms with Gasteiger partial charge in [0.15, 0.2) is 0 Å². The predicted octanol–water partition coefficient (Wildman–Crippen LogP) is 4.54. The van der Waals surface area contributed by atoms with Crippen molar-refractivity contribution in [3.05, 3.63) is 95.4 Å². The number of amides is 2. The molecule has 0 spiro atoms. The second kappa shape index (κ2) is 7.83. The molecule has 3 aromatic rings. The molecule has 1 heterocycles. The number of methoxy groups -OCH3 is 1. The highest BCUT2D eigenvalue weighted by atomic mass is 19.1. The lowest BCUT2D eigenvalue weighted by atomic mass is 10.0. The summed E-state index contributed by atoms with van der Waals surface area (Å²) < 4.78 is 18.7. The molecular formula is C24H19FN2O3. The molecule has 6 heteroatoms. The van der Waals surface area contributed by atoms with E-state index >= 15 is 0 Å². The van der Waals surface area contributed by atoms with Crippen LogP contribution in [0.5, 0.6) is 5.75 Å². The van der Waals surface area contributed by atoms with Crippen molar-refractivity contribution in [1.29, 1.82) is 0 Å². The molecule has 5 nitrogen and oxygen atoms in total. The van der Waals surface area contributed by atoms with Crippen molar-refractivity contribution >= 4 is 28.8 Å². The molecule has 30 heavy (non-hydrogen) atoms. The Kier molecular flexibility index (Phi) is 5.06. The van der Waals surface area contributed by atoms with Gasteiger partial charge in [-0.1, -0.05) is 36.4 Å². The van der Waals surface area contributed by atoms with Crippen molar-refractivity contribution in [2.75, 3.05) is 17.3 Å². The maximum absolute atomic E-state index is 13.4. The minimum atomic E-state index is -0.507. The number of carbonyl (C=O) groups excluding carboxylic acids is 2. The van der Waals surface area contributed by atoms with Crippen LogP contribution < -0.4 is 15.0 Å². The third kappa shape index (κ3) is 3.43. The number of aryl methyl sites for hydroxylation is 1. The van der Waals surface area contributed by atoms with Gasteiger partial charge in [-0.25, -0.2) is 9.29 Å². The van der Waals surface area contributed by atoms with Crippen molar-refractivity contribution in [3.8, 4) is 5.75 Å². The van der Waals surface area contributed by atoms with Crippen molar-refractivity contribution in [3.63, 3.8) is 0 Å². The molecule has 4 rings (SSSR count). The number of hydrogen-bond donors (Lipinski definition) is 1. The summed E-state index contributed by atoms with van der Waals surface area (Å²) in [7, 11) is 1.49. The summed E-state index contributed by atoms with van der Waals surface area (Å²) in [6, 6.07) is 19.9. The largest absolute Gasteiger partial charge is 0.495 e. The molecule has 1 N–H and O–H groups in total. The molecule has 2 amide bonds. The standard InChI is InChI=1S/C24H19FN2O3/c1-15-8-13-20(30-2)19(14-15)27-23(28)21(16-6-4-3-5-7-16)22(24(27)29)26-18-11-9-17(25)10-12-18/h3-14,26H,1-2H3. The Balaban J connectivity index is 1.84. The summed E-state index contributed by atoms with van der Waals surface area (Å²) in [4.78, 5) is 28.0. The van der Waals surface area contributed by atoms with E-state index in [9.17, 15) is 14.0 Å². The second-order valence-electron chi connectivity index (χ2n) is 6.87. The summed E-state index contributed by atoms with van der Waals surface area (Å²) in [5.41, 5.74) is 2.73. The van der Waals surface area contributed by atoms with E-state index in [1.807, 2.05) is 19.1 Å². The number of halogens is 1. The van der Waals surface area contributed by atoms with E-state index in [4.69, 9.17) is 4.74 Å². The molecule has 0 unspecified atom stereocenters. The molecule has 3 aromatic carbocycles. The minimum Gasteiger partial charge on any atom is -0.495 e. The van der Waals surface area contributed by atoms with Crippen molar-refractivity contribution in [2.45, 2.75) is 6.92 Å². The van der Waals surface area contributed by atoms with Crippen LogP contribution in [0.2, 0.25) is 0 Å². The molecule has 0 fully saturated rings. The lowest BCUT2D eigenvalue weighted by molar-refractivity contribution is -0.120. The Morgan fingerprint density at radius 2 is 1.60 bits per heavy atom. The van der Waals surface area contributed by atoms with Gasteiger partial charge in [0.1, 0.15) is 17.3 Å². The van der Waals surface area contributed by atoms with Crippen molar-refractivity contribution < 1.29 is 18.7 Å². The van der Waals surface area contributed by atoms with Gasteiger partial charge in [0.25, 0.3) is 11.8 Å². The second-order valence-corrected chi connectivity index (χ2v) is 6.87. The quantitative estimate of drug-likeness (QED) is 0.637. The summed E-state index contributed by atoms with van der Waals surface area (Å²) in [6.45, 7) is 1.87. The Morgan fingerprint density at radius 3 is 2.27 bits per heavy atom. The lowest BCUT2D eigenvalue weighted by Gasteiger charge is -2.19. The third-order valence-corrected chi connectivity index (χ3v) is 4.84. The van der Waals surface area contributed by atoms with Gasteiger partial charge >= 0.3 is 0 Å². The van der Waals surface area contributed by atoms with Gasteiger partial charge in [0, 0.05) is 5.69 Å². The molecule has 0 aliphatic carbocycles. The van der Waals surface area contributed by atoms with Crippen LogP contribution in [0.25, 0.3) is 5.57 Å². The Bertz CT molecular complexity index is 1150. The first-order valence-electron chi connectivity index (χ1n) is 9.35. The summed E-state index contributed by atoms with van der Waals surface area (Å²) >= 11 is 0. The maximum Gasteiger partial charge on any atom is 0.282 e. The van der Waals surface area contributed by atoms with Crippen LogP contribution in [0.3, 0.4) is 0 Å². The maximum atomic E-state index is 13.4. The number of imide groups is 1. The molecule has 1 aliphatic rings. The van der Waals surface area contributed by atoms with Crippen molar-refractivity contribution in [1.82, 2.24) is 0 Å².